The van der Waals surface area contributed by atoms with Crippen molar-refractivity contribution in [3.63, 3.8) is 0 Å². The third kappa shape index (κ3) is 5.25. The Kier molecular flexibility index (Phi) is 7.01. The van der Waals surface area contributed by atoms with Gasteiger partial charge in [-0.25, -0.2) is 0 Å². The number of hydrogen-bond donors (Lipinski definition) is 1. The lowest BCUT2D eigenvalue weighted by atomic mass is 9.74. The van der Waals surface area contributed by atoms with E-state index in [0.717, 1.165) is 12.0 Å². The Labute approximate surface area is 133 Å². The molecule has 0 aromatic heterocycles. The van der Waals surface area contributed by atoms with Crippen LogP contribution < -0.4 is 5.32 Å². The minimum atomic E-state index is 0.611. The van der Waals surface area contributed by atoms with Crippen molar-refractivity contribution in [2.45, 2.75) is 84.6 Å². The van der Waals surface area contributed by atoms with Gasteiger partial charge in [-0.15, -0.1) is 0 Å². The summed E-state index contributed by atoms with van der Waals surface area (Å²) in [6, 6.07) is 0.896. The highest BCUT2D eigenvalue weighted by atomic mass is 15.2. The maximum Gasteiger partial charge on any atom is 0.00954 e. The van der Waals surface area contributed by atoms with Gasteiger partial charge in [-0.3, -0.25) is 4.90 Å². The molecule has 0 aromatic rings. The Hall–Kier alpha value is -0.0800. The largest absolute Gasteiger partial charge is 0.317 e. The Morgan fingerprint density at radius 2 is 1.81 bits per heavy atom. The lowest BCUT2D eigenvalue weighted by Crippen LogP contribution is -2.47. The van der Waals surface area contributed by atoms with Crippen molar-refractivity contribution >= 4 is 0 Å². The Morgan fingerprint density at radius 3 is 2.38 bits per heavy atom. The minimum absolute atomic E-state index is 0.611. The van der Waals surface area contributed by atoms with Crippen LogP contribution in [0.4, 0.5) is 0 Å². The van der Waals surface area contributed by atoms with Crippen molar-refractivity contribution in [1.82, 2.24) is 10.2 Å². The highest BCUT2D eigenvalue weighted by molar-refractivity contribution is 4.90. The predicted molar refractivity (Wildman–Crippen MR) is 92.7 cm³/mol. The number of hydrogen-bond acceptors (Lipinski definition) is 2. The summed E-state index contributed by atoms with van der Waals surface area (Å²) >= 11 is 0. The monoisotopic (exact) mass is 294 g/mol. The highest BCUT2D eigenvalue weighted by Gasteiger charge is 2.35. The van der Waals surface area contributed by atoms with Gasteiger partial charge in [-0.05, 0) is 69.5 Å². The van der Waals surface area contributed by atoms with Gasteiger partial charge in [0.2, 0.25) is 0 Å². The van der Waals surface area contributed by atoms with Gasteiger partial charge in [0.25, 0.3) is 0 Å². The van der Waals surface area contributed by atoms with Crippen LogP contribution in [-0.4, -0.2) is 37.1 Å². The van der Waals surface area contributed by atoms with E-state index in [2.05, 4.69) is 31.0 Å². The van der Waals surface area contributed by atoms with Gasteiger partial charge in [-0.2, -0.15) is 0 Å². The van der Waals surface area contributed by atoms with Gasteiger partial charge >= 0.3 is 0 Å². The third-order valence-corrected chi connectivity index (χ3v) is 5.82. The second kappa shape index (κ2) is 8.53. The standard InChI is InChI=1S/C19H38N2/c1-4-10-19(11-13-20-14-12-19)16-21(15-9-17(2)3)18-7-5-6-8-18/h17-18,20H,4-16H2,1-3H3. The summed E-state index contributed by atoms with van der Waals surface area (Å²) in [6.07, 6.45) is 12.8. The molecule has 21 heavy (non-hydrogen) atoms. The van der Waals surface area contributed by atoms with E-state index in [0.29, 0.717) is 5.41 Å². The summed E-state index contributed by atoms with van der Waals surface area (Å²) in [7, 11) is 0. The summed E-state index contributed by atoms with van der Waals surface area (Å²) < 4.78 is 0. The fourth-order valence-electron chi connectivity index (χ4n) is 4.49. The van der Waals surface area contributed by atoms with Crippen LogP contribution in [0, 0.1) is 11.3 Å². The molecule has 2 nitrogen and oxygen atoms in total. The lowest BCUT2D eigenvalue weighted by Gasteiger charge is -2.43. The zero-order valence-electron chi connectivity index (χ0n) is 14.8. The fraction of sp³-hybridized carbons (Fsp3) is 1.00. The number of piperidine rings is 1. The summed E-state index contributed by atoms with van der Waals surface area (Å²) in [5, 5.41) is 3.57. The lowest BCUT2D eigenvalue weighted by molar-refractivity contribution is 0.0704. The summed E-state index contributed by atoms with van der Waals surface area (Å²) in [5.41, 5.74) is 0.611. The zero-order chi connectivity index (χ0) is 15.1. The van der Waals surface area contributed by atoms with Crippen LogP contribution in [0.3, 0.4) is 0 Å². The van der Waals surface area contributed by atoms with Crippen LogP contribution in [0.5, 0.6) is 0 Å². The molecule has 1 saturated carbocycles. The molecule has 1 aliphatic carbocycles. The third-order valence-electron chi connectivity index (χ3n) is 5.82. The summed E-state index contributed by atoms with van der Waals surface area (Å²) in [6.45, 7) is 12.3. The van der Waals surface area contributed by atoms with Gasteiger partial charge in [-0.1, -0.05) is 40.0 Å². The van der Waals surface area contributed by atoms with Crippen LogP contribution in [-0.2, 0) is 0 Å². The quantitative estimate of drug-likeness (QED) is 0.711. The molecule has 0 amide bonds. The fourth-order valence-corrected chi connectivity index (χ4v) is 4.49. The second-order valence-corrected chi connectivity index (χ2v) is 8.09. The number of nitrogens with one attached hydrogen (secondary N) is 1. The Bertz CT molecular complexity index is 270. The van der Waals surface area contributed by atoms with Crippen molar-refractivity contribution in [3.05, 3.63) is 0 Å². The molecule has 0 unspecified atom stereocenters. The highest BCUT2D eigenvalue weighted by Crippen LogP contribution is 2.37. The van der Waals surface area contributed by atoms with Gasteiger partial charge in [0.1, 0.15) is 0 Å². The van der Waals surface area contributed by atoms with E-state index in [1.54, 1.807) is 0 Å². The molecule has 1 N–H and O–H groups in total. The SMILES string of the molecule is CCCC1(CN(CCC(C)C)C2CCCC2)CCNCC1. The molecule has 2 aliphatic rings. The first-order valence-electron chi connectivity index (χ1n) is 9.60. The first kappa shape index (κ1) is 17.3. The van der Waals surface area contributed by atoms with Crippen molar-refractivity contribution in [1.29, 1.82) is 0 Å². The van der Waals surface area contributed by atoms with Gasteiger partial charge in [0.05, 0.1) is 0 Å². The summed E-state index contributed by atoms with van der Waals surface area (Å²) in [4.78, 5) is 2.91. The molecular weight excluding hydrogens is 256 g/mol. The molecular formula is C19H38N2. The average molecular weight is 295 g/mol. The summed E-state index contributed by atoms with van der Waals surface area (Å²) in [5.74, 6) is 0.837. The molecule has 2 heteroatoms. The zero-order valence-corrected chi connectivity index (χ0v) is 14.8. The Balaban J connectivity index is 1.99. The topological polar surface area (TPSA) is 15.3 Å². The average Bonchev–Trinajstić information content (AvgIpc) is 2.99. The van der Waals surface area contributed by atoms with Crippen LogP contribution in [0.25, 0.3) is 0 Å². The molecule has 124 valence electrons. The van der Waals surface area contributed by atoms with Gasteiger partial charge < -0.3 is 5.32 Å². The van der Waals surface area contributed by atoms with Gasteiger partial charge in [0.15, 0.2) is 0 Å². The predicted octanol–water partition coefficient (Wildman–Crippen LogP) is 4.45. The van der Waals surface area contributed by atoms with Gasteiger partial charge in [0, 0.05) is 12.6 Å². The van der Waals surface area contributed by atoms with Crippen LogP contribution in [0.15, 0.2) is 0 Å². The van der Waals surface area contributed by atoms with Crippen molar-refractivity contribution < 1.29 is 0 Å². The molecule has 1 heterocycles. The van der Waals surface area contributed by atoms with E-state index in [-0.39, 0.29) is 0 Å². The van der Waals surface area contributed by atoms with E-state index in [4.69, 9.17) is 0 Å². The second-order valence-electron chi connectivity index (χ2n) is 8.09. The van der Waals surface area contributed by atoms with Crippen LogP contribution in [0.1, 0.15) is 78.6 Å². The maximum absolute atomic E-state index is 3.57. The van der Waals surface area contributed by atoms with Crippen LogP contribution in [0.2, 0.25) is 0 Å². The molecule has 0 bridgehead atoms. The molecule has 0 aromatic carbocycles. The molecule has 1 saturated heterocycles. The molecule has 1 aliphatic heterocycles. The molecule has 0 atom stereocenters. The van der Waals surface area contributed by atoms with Crippen LogP contribution >= 0.6 is 0 Å². The van der Waals surface area contributed by atoms with E-state index in [1.807, 2.05) is 0 Å². The number of rotatable bonds is 8. The van der Waals surface area contributed by atoms with E-state index in [1.165, 1.54) is 84.0 Å². The molecule has 2 fully saturated rings. The van der Waals surface area contributed by atoms with Crippen molar-refractivity contribution in [2.75, 3.05) is 26.2 Å². The molecule has 0 spiro atoms. The minimum Gasteiger partial charge on any atom is -0.317 e. The smallest absolute Gasteiger partial charge is 0.00954 e. The normalized spacial score (nSPS) is 23.3. The van der Waals surface area contributed by atoms with Crippen molar-refractivity contribution in [2.24, 2.45) is 11.3 Å². The number of nitrogens with zero attached hydrogens (tertiary/aromatic N) is 1. The molecule has 0 radical (unpaired) electrons. The first-order chi connectivity index (χ1) is 10.2. The van der Waals surface area contributed by atoms with E-state index >= 15 is 0 Å². The molecule has 2 rings (SSSR count). The van der Waals surface area contributed by atoms with E-state index < -0.39 is 0 Å². The van der Waals surface area contributed by atoms with Crippen molar-refractivity contribution in [3.8, 4) is 0 Å². The maximum atomic E-state index is 3.57. The first-order valence-corrected chi connectivity index (χ1v) is 9.60. The van der Waals surface area contributed by atoms with E-state index in [9.17, 15) is 0 Å². The Morgan fingerprint density at radius 1 is 1.14 bits per heavy atom.